The van der Waals surface area contributed by atoms with Gasteiger partial charge in [-0.3, -0.25) is 4.90 Å². The summed E-state index contributed by atoms with van der Waals surface area (Å²) in [6, 6.07) is 6.91. The largest absolute Gasteiger partial charge is 0.476 e. The van der Waals surface area contributed by atoms with Crippen molar-refractivity contribution >= 4 is 0 Å². The van der Waals surface area contributed by atoms with Crippen molar-refractivity contribution in [3.05, 3.63) is 41.3 Å². The normalized spacial score (nSPS) is 22.2. The smallest absolute Gasteiger partial charge is 0.237 e. The summed E-state index contributed by atoms with van der Waals surface area (Å²) in [7, 11) is 0. The third-order valence-electron chi connectivity index (χ3n) is 4.92. The van der Waals surface area contributed by atoms with E-state index in [0.717, 1.165) is 49.6 Å². The summed E-state index contributed by atoms with van der Waals surface area (Å²) < 4.78 is 20.8. The number of aromatic nitrogens is 3. The van der Waals surface area contributed by atoms with Gasteiger partial charge in [0.15, 0.2) is 0 Å². The molecule has 0 bridgehead atoms. The van der Waals surface area contributed by atoms with Gasteiger partial charge in [0.05, 0.1) is 13.2 Å². The number of hydrogen-bond donors (Lipinski definition) is 1. The molecule has 6 nitrogen and oxygen atoms in total. The van der Waals surface area contributed by atoms with E-state index in [-0.39, 0.29) is 11.7 Å². The summed E-state index contributed by atoms with van der Waals surface area (Å²) in [5, 5.41) is 8.55. The van der Waals surface area contributed by atoms with Gasteiger partial charge in [-0.25, -0.2) is 9.07 Å². The van der Waals surface area contributed by atoms with Crippen molar-refractivity contribution in [2.45, 2.75) is 37.9 Å². The Morgan fingerprint density at radius 3 is 2.71 bits per heavy atom. The van der Waals surface area contributed by atoms with Gasteiger partial charge in [0.2, 0.25) is 5.88 Å². The Balaban J connectivity index is 1.44. The SMILES string of the molecule is NC1CCN(Cc2nnn3c2OC[C@@H](c2ccc(F)cc2)C3)CC1. The highest BCUT2D eigenvalue weighted by Gasteiger charge is 2.27. The summed E-state index contributed by atoms with van der Waals surface area (Å²) >= 11 is 0. The van der Waals surface area contributed by atoms with Gasteiger partial charge in [0, 0.05) is 31.6 Å². The van der Waals surface area contributed by atoms with E-state index < -0.39 is 0 Å². The molecular formula is C17H22FN5O. The van der Waals surface area contributed by atoms with Crippen molar-refractivity contribution in [3.63, 3.8) is 0 Å². The molecule has 2 aliphatic heterocycles. The van der Waals surface area contributed by atoms with Crippen LogP contribution in [0, 0.1) is 5.82 Å². The molecular weight excluding hydrogens is 309 g/mol. The average Bonchev–Trinajstić information content (AvgIpc) is 3.00. The minimum atomic E-state index is -0.222. The van der Waals surface area contributed by atoms with Crippen molar-refractivity contribution in [2.75, 3.05) is 19.7 Å². The first-order valence-corrected chi connectivity index (χ1v) is 8.47. The number of likely N-dealkylation sites (tertiary alicyclic amines) is 1. The summed E-state index contributed by atoms with van der Waals surface area (Å²) in [4.78, 5) is 2.35. The molecule has 7 heteroatoms. The van der Waals surface area contributed by atoms with Crippen LogP contribution in [0.25, 0.3) is 0 Å². The standard InChI is InChI=1S/C17H22FN5O/c18-14-3-1-12(2-4-14)13-9-23-17(24-11-13)16(20-21-23)10-22-7-5-15(19)6-8-22/h1-4,13,15H,5-11,19H2/t13-/m0/s1. The first kappa shape index (κ1) is 15.5. The van der Waals surface area contributed by atoms with E-state index >= 15 is 0 Å². The van der Waals surface area contributed by atoms with Gasteiger partial charge < -0.3 is 10.5 Å². The number of hydrogen-bond acceptors (Lipinski definition) is 5. The lowest BCUT2D eigenvalue weighted by molar-refractivity contribution is 0.184. The second-order valence-electron chi connectivity index (χ2n) is 6.70. The Hall–Kier alpha value is -1.99. The molecule has 0 unspecified atom stereocenters. The summed E-state index contributed by atoms with van der Waals surface area (Å²) in [6.45, 7) is 4.01. The molecule has 0 spiro atoms. The van der Waals surface area contributed by atoms with Crippen LogP contribution in [0.4, 0.5) is 4.39 Å². The van der Waals surface area contributed by atoms with E-state index in [1.807, 2.05) is 16.8 Å². The zero-order chi connectivity index (χ0) is 16.5. The second kappa shape index (κ2) is 6.49. The number of nitrogens with zero attached hydrogens (tertiary/aromatic N) is 4. The fourth-order valence-corrected chi connectivity index (χ4v) is 3.42. The first-order chi connectivity index (χ1) is 11.7. The van der Waals surface area contributed by atoms with Gasteiger partial charge in [0.25, 0.3) is 0 Å². The number of piperidine rings is 1. The summed E-state index contributed by atoms with van der Waals surface area (Å²) in [6.07, 6.45) is 2.05. The van der Waals surface area contributed by atoms with Crippen LogP contribution in [0.5, 0.6) is 5.88 Å². The Morgan fingerprint density at radius 1 is 1.21 bits per heavy atom. The monoisotopic (exact) mass is 331 g/mol. The fraction of sp³-hybridized carbons (Fsp3) is 0.529. The fourth-order valence-electron chi connectivity index (χ4n) is 3.42. The molecule has 0 saturated carbocycles. The van der Waals surface area contributed by atoms with Crippen LogP contribution < -0.4 is 10.5 Å². The van der Waals surface area contributed by atoms with E-state index in [1.54, 1.807) is 0 Å². The third kappa shape index (κ3) is 3.14. The highest BCUT2D eigenvalue weighted by molar-refractivity contribution is 5.25. The molecule has 0 amide bonds. The Bertz CT molecular complexity index is 694. The van der Waals surface area contributed by atoms with E-state index in [1.165, 1.54) is 12.1 Å². The topological polar surface area (TPSA) is 69.2 Å². The lowest BCUT2D eigenvalue weighted by Gasteiger charge is -2.30. The van der Waals surface area contributed by atoms with Gasteiger partial charge >= 0.3 is 0 Å². The molecule has 0 radical (unpaired) electrons. The number of nitrogens with two attached hydrogens (primary N) is 1. The molecule has 24 heavy (non-hydrogen) atoms. The molecule has 1 saturated heterocycles. The highest BCUT2D eigenvalue weighted by Crippen LogP contribution is 2.29. The van der Waals surface area contributed by atoms with Crippen molar-refractivity contribution in [3.8, 4) is 5.88 Å². The maximum Gasteiger partial charge on any atom is 0.237 e. The maximum atomic E-state index is 13.1. The van der Waals surface area contributed by atoms with Gasteiger partial charge in [-0.2, -0.15) is 0 Å². The molecule has 3 heterocycles. The van der Waals surface area contributed by atoms with Crippen molar-refractivity contribution in [1.29, 1.82) is 0 Å². The van der Waals surface area contributed by atoms with E-state index in [4.69, 9.17) is 10.5 Å². The molecule has 2 aliphatic rings. The minimum Gasteiger partial charge on any atom is -0.476 e. The van der Waals surface area contributed by atoms with E-state index in [9.17, 15) is 4.39 Å². The average molecular weight is 331 g/mol. The van der Waals surface area contributed by atoms with Crippen molar-refractivity contribution in [1.82, 2.24) is 19.9 Å². The zero-order valence-electron chi connectivity index (χ0n) is 13.6. The lowest BCUT2D eigenvalue weighted by Crippen LogP contribution is -2.39. The summed E-state index contributed by atoms with van der Waals surface area (Å²) in [5.41, 5.74) is 7.91. The lowest BCUT2D eigenvalue weighted by atomic mass is 9.99. The minimum absolute atomic E-state index is 0.167. The molecule has 128 valence electrons. The highest BCUT2D eigenvalue weighted by atomic mass is 19.1. The van der Waals surface area contributed by atoms with Crippen LogP contribution in [0.2, 0.25) is 0 Å². The quantitative estimate of drug-likeness (QED) is 0.923. The van der Waals surface area contributed by atoms with E-state index in [0.29, 0.717) is 19.2 Å². The summed E-state index contributed by atoms with van der Waals surface area (Å²) in [5.74, 6) is 0.712. The number of benzene rings is 1. The molecule has 4 rings (SSSR count). The molecule has 1 fully saturated rings. The number of rotatable bonds is 3. The molecule has 0 aliphatic carbocycles. The zero-order valence-corrected chi connectivity index (χ0v) is 13.6. The van der Waals surface area contributed by atoms with Crippen LogP contribution in [0.1, 0.15) is 30.0 Å². The Kier molecular flexibility index (Phi) is 4.20. The van der Waals surface area contributed by atoms with Crippen molar-refractivity contribution < 1.29 is 9.13 Å². The van der Waals surface area contributed by atoms with Gasteiger partial charge in [0.1, 0.15) is 11.5 Å². The van der Waals surface area contributed by atoms with Gasteiger partial charge in [-0.15, -0.1) is 5.10 Å². The predicted molar refractivity (Wildman–Crippen MR) is 87.1 cm³/mol. The molecule has 2 aromatic rings. The van der Waals surface area contributed by atoms with Crippen LogP contribution in [0.15, 0.2) is 24.3 Å². The predicted octanol–water partition coefficient (Wildman–Crippen LogP) is 1.52. The van der Waals surface area contributed by atoms with Crippen LogP contribution >= 0.6 is 0 Å². The van der Waals surface area contributed by atoms with Crippen LogP contribution in [0.3, 0.4) is 0 Å². The van der Waals surface area contributed by atoms with Gasteiger partial charge in [-0.1, -0.05) is 17.3 Å². The number of halogens is 1. The van der Waals surface area contributed by atoms with Crippen LogP contribution in [-0.4, -0.2) is 45.6 Å². The molecule has 1 atom stereocenters. The van der Waals surface area contributed by atoms with Gasteiger partial charge in [-0.05, 0) is 30.5 Å². The van der Waals surface area contributed by atoms with Crippen molar-refractivity contribution in [2.24, 2.45) is 5.73 Å². The van der Waals surface area contributed by atoms with Crippen LogP contribution in [-0.2, 0) is 13.1 Å². The first-order valence-electron chi connectivity index (χ1n) is 8.47. The maximum absolute atomic E-state index is 13.1. The Labute approximate surface area is 140 Å². The van der Waals surface area contributed by atoms with E-state index in [2.05, 4.69) is 15.2 Å². The second-order valence-corrected chi connectivity index (χ2v) is 6.70. The Morgan fingerprint density at radius 2 is 1.96 bits per heavy atom. The molecule has 1 aromatic heterocycles. The molecule has 2 N–H and O–H groups in total. The third-order valence-corrected chi connectivity index (χ3v) is 4.92. The number of fused-ring (bicyclic) bond motifs is 1. The molecule has 1 aromatic carbocycles. The number of ether oxygens (including phenoxy) is 1.